The highest BCUT2D eigenvalue weighted by Gasteiger charge is 2.10. The van der Waals surface area contributed by atoms with Gasteiger partial charge in [-0.15, -0.1) is 0 Å². The minimum Gasteiger partial charge on any atom is -0.872 e. The van der Waals surface area contributed by atoms with Crippen LogP contribution in [0.1, 0.15) is 28.6 Å². The van der Waals surface area contributed by atoms with Crippen molar-refractivity contribution in [1.82, 2.24) is 4.98 Å². The second-order valence-corrected chi connectivity index (χ2v) is 4.81. The van der Waals surface area contributed by atoms with Gasteiger partial charge in [0.05, 0.1) is 0 Å². The van der Waals surface area contributed by atoms with Gasteiger partial charge in [-0.25, -0.2) is 4.98 Å². The normalized spacial score (nSPS) is 12.1. The summed E-state index contributed by atoms with van der Waals surface area (Å²) in [6, 6.07) is 10.9. The van der Waals surface area contributed by atoms with E-state index >= 15 is 0 Å². The molecule has 0 amide bonds. The van der Waals surface area contributed by atoms with E-state index in [0.29, 0.717) is 4.60 Å². The van der Waals surface area contributed by atoms with Crippen molar-refractivity contribution < 1.29 is 15.0 Å². The van der Waals surface area contributed by atoms with Crippen LogP contribution in [0.4, 0.5) is 0 Å². The van der Waals surface area contributed by atoms with E-state index in [4.69, 9.17) is 0 Å². The Labute approximate surface area is 118 Å². The first kappa shape index (κ1) is 13.7. The molecule has 0 aliphatic carbocycles. The lowest BCUT2D eigenvalue weighted by Crippen LogP contribution is -2.21. The van der Waals surface area contributed by atoms with E-state index in [9.17, 15) is 15.0 Å². The summed E-state index contributed by atoms with van der Waals surface area (Å²) in [6.45, 7) is 0. The number of nitrogens with zero attached hydrogens (tertiary/aromatic N) is 1. The summed E-state index contributed by atoms with van der Waals surface area (Å²) in [5, 5.41) is 23.5. The zero-order chi connectivity index (χ0) is 13.8. The Morgan fingerprint density at radius 1 is 1.21 bits per heavy atom. The first-order valence-electron chi connectivity index (χ1n) is 5.65. The molecule has 1 heterocycles. The molecule has 1 aromatic heterocycles. The fourth-order valence-corrected chi connectivity index (χ4v) is 2.04. The minimum atomic E-state index is -1.27. The number of carbonyl (C=O) groups is 1. The van der Waals surface area contributed by atoms with Gasteiger partial charge in [-0.2, -0.15) is 0 Å². The number of halogens is 1. The first-order chi connectivity index (χ1) is 9.08. The molecule has 0 spiro atoms. The van der Waals surface area contributed by atoms with Gasteiger partial charge >= 0.3 is 0 Å². The van der Waals surface area contributed by atoms with Crippen molar-refractivity contribution in [1.29, 1.82) is 0 Å². The molecule has 0 saturated heterocycles. The van der Waals surface area contributed by atoms with Crippen molar-refractivity contribution in [3.8, 4) is 5.75 Å². The highest BCUT2D eigenvalue weighted by molar-refractivity contribution is 9.10. The Morgan fingerprint density at radius 2 is 1.95 bits per heavy atom. The summed E-state index contributed by atoms with van der Waals surface area (Å²) in [4.78, 5) is 15.9. The van der Waals surface area contributed by atoms with Crippen molar-refractivity contribution in [3.05, 3.63) is 58.3 Å². The van der Waals surface area contributed by atoms with Crippen LogP contribution in [0, 0.1) is 0 Å². The number of aromatic nitrogens is 1. The van der Waals surface area contributed by atoms with E-state index in [-0.39, 0.29) is 23.4 Å². The smallest absolute Gasteiger partial charge is 0.161 e. The second-order valence-electron chi connectivity index (χ2n) is 4.00. The molecular formula is C14H10BrNO3-2. The number of ketones is 1. The van der Waals surface area contributed by atoms with Crippen LogP contribution in [0.5, 0.6) is 5.75 Å². The number of para-hydroxylation sites is 1. The minimum absolute atomic E-state index is 0.0540. The molecule has 0 radical (unpaired) electrons. The van der Waals surface area contributed by atoms with E-state index in [1.165, 1.54) is 12.1 Å². The molecule has 0 unspecified atom stereocenters. The van der Waals surface area contributed by atoms with E-state index in [0.717, 1.165) is 0 Å². The van der Waals surface area contributed by atoms with E-state index < -0.39 is 11.9 Å². The van der Waals surface area contributed by atoms with Crippen LogP contribution >= 0.6 is 15.9 Å². The summed E-state index contributed by atoms with van der Waals surface area (Å²) in [7, 11) is 0. The molecule has 0 bridgehead atoms. The number of benzene rings is 1. The summed E-state index contributed by atoms with van der Waals surface area (Å²) >= 11 is 3.17. The van der Waals surface area contributed by atoms with Gasteiger partial charge in [0, 0.05) is 17.7 Å². The van der Waals surface area contributed by atoms with E-state index in [1.54, 1.807) is 30.3 Å². The molecule has 4 nitrogen and oxygen atoms in total. The molecule has 0 N–H and O–H groups in total. The molecule has 19 heavy (non-hydrogen) atoms. The van der Waals surface area contributed by atoms with Crippen molar-refractivity contribution in [2.45, 2.75) is 12.5 Å². The zero-order valence-electron chi connectivity index (χ0n) is 9.88. The largest absolute Gasteiger partial charge is 0.872 e. The van der Waals surface area contributed by atoms with Crippen molar-refractivity contribution in [2.75, 3.05) is 0 Å². The Morgan fingerprint density at radius 3 is 2.63 bits per heavy atom. The average Bonchev–Trinajstić information content (AvgIpc) is 2.39. The highest BCUT2D eigenvalue weighted by Crippen LogP contribution is 2.20. The van der Waals surface area contributed by atoms with Crippen LogP contribution in [0.3, 0.4) is 0 Å². The van der Waals surface area contributed by atoms with Crippen LogP contribution in [-0.2, 0) is 0 Å². The van der Waals surface area contributed by atoms with Crippen LogP contribution < -0.4 is 10.2 Å². The van der Waals surface area contributed by atoms with Gasteiger partial charge in [0.2, 0.25) is 0 Å². The molecule has 5 heteroatoms. The van der Waals surface area contributed by atoms with Gasteiger partial charge < -0.3 is 10.2 Å². The monoisotopic (exact) mass is 319 g/mol. The fraction of sp³-hybridized carbons (Fsp3) is 0.143. The SMILES string of the molecule is O=C(C[C@@H]([O-])c1cccc(Br)n1)c1ccccc1[O-]. The molecular weight excluding hydrogens is 310 g/mol. The van der Waals surface area contributed by atoms with Gasteiger partial charge in [-0.05, 0) is 28.1 Å². The van der Waals surface area contributed by atoms with E-state index in [1.807, 2.05) is 0 Å². The maximum atomic E-state index is 12.0. The van der Waals surface area contributed by atoms with Crippen LogP contribution in [-0.4, -0.2) is 10.8 Å². The molecule has 0 aliphatic heterocycles. The summed E-state index contributed by atoms with van der Waals surface area (Å²) in [6.07, 6.45) is -1.55. The first-order valence-corrected chi connectivity index (χ1v) is 6.44. The van der Waals surface area contributed by atoms with Gasteiger partial charge in [-0.3, -0.25) is 4.79 Å². The van der Waals surface area contributed by atoms with Crippen LogP contribution in [0.15, 0.2) is 47.1 Å². The quantitative estimate of drug-likeness (QED) is 0.633. The molecule has 2 aromatic rings. The Bertz CT molecular complexity index is 601. The Kier molecular flexibility index (Phi) is 4.29. The lowest BCUT2D eigenvalue weighted by Gasteiger charge is -2.22. The lowest BCUT2D eigenvalue weighted by molar-refractivity contribution is -0.425. The fourth-order valence-electron chi connectivity index (χ4n) is 1.68. The van der Waals surface area contributed by atoms with Gasteiger partial charge in [0.1, 0.15) is 4.60 Å². The third kappa shape index (κ3) is 3.39. The molecule has 2 rings (SSSR count). The molecule has 0 aliphatic rings. The number of hydrogen-bond acceptors (Lipinski definition) is 4. The Hall–Kier alpha value is -1.72. The second kappa shape index (κ2) is 5.95. The third-order valence-electron chi connectivity index (χ3n) is 2.62. The summed E-state index contributed by atoms with van der Waals surface area (Å²) in [5.41, 5.74) is 0.337. The number of Topliss-reactive ketones (excluding diaryl/α,β-unsaturated/α-hetero) is 1. The molecule has 0 saturated carbocycles. The standard InChI is InChI=1S/C14H11BrNO3/c15-14-7-3-5-10(16-14)13(19)8-12(18)9-4-1-2-6-11(9)17/h1-7,13,17H,8H2/q-1/p-1/t13-/m1/s1. The van der Waals surface area contributed by atoms with Crippen molar-refractivity contribution >= 4 is 21.7 Å². The number of hydrogen-bond donors (Lipinski definition) is 0. The molecule has 98 valence electrons. The molecule has 1 atom stereocenters. The highest BCUT2D eigenvalue weighted by atomic mass is 79.9. The van der Waals surface area contributed by atoms with Gasteiger partial charge in [0.15, 0.2) is 5.78 Å². The van der Waals surface area contributed by atoms with Crippen molar-refractivity contribution in [2.24, 2.45) is 0 Å². The molecule has 0 fully saturated rings. The zero-order valence-corrected chi connectivity index (χ0v) is 11.5. The van der Waals surface area contributed by atoms with Gasteiger partial charge in [-0.1, -0.05) is 42.2 Å². The summed E-state index contributed by atoms with van der Waals surface area (Å²) < 4.78 is 0.544. The van der Waals surface area contributed by atoms with Crippen molar-refractivity contribution in [3.63, 3.8) is 0 Å². The topological polar surface area (TPSA) is 76.1 Å². The molecule has 1 aromatic carbocycles. The van der Waals surface area contributed by atoms with Crippen LogP contribution in [0.2, 0.25) is 0 Å². The van der Waals surface area contributed by atoms with Crippen LogP contribution in [0.25, 0.3) is 0 Å². The number of pyridine rings is 1. The third-order valence-corrected chi connectivity index (χ3v) is 3.07. The maximum absolute atomic E-state index is 12.0. The lowest BCUT2D eigenvalue weighted by atomic mass is 10.0. The maximum Gasteiger partial charge on any atom is 0.161 e. The van der Waals surface area contributed by atoms with E-state index in [2.05, 4.69) is 20.9 Å². The van der Waals surface area contributed by atoms with Gasteiger partial charge in [0.25, 0.3) is 0 Å². The summed E-state index contributed by atoms with van der Waals surface area (Å²) in [5.74, 6) is -0.811. The average molecular weight is 320 g/mol. The Balaban J connectivity index is 2.13. The predicted molar refractivity (Wildman–Crippen MR) is 69.5 cm³/mol. The predicted octanol–water partition coefficient (Wildman–Crippen LogP) is 1.59. The number of rotatable bonds is 4. The number of carbonyl (C=O) groups excluding carboxylic acids is 1.